The molecule has 17 heavy (non-hydrogen) atoms. The van der Waals surface area contributed by atoms with Crippen LogP contribution in [0.5, 0.6) is 11.5 Å². The number of phenolic OH excluding ortho intramolecular Hbond substituents is 1. The van der Waals surface area contributed by atoms with E-state index in [0.717, 1.165) is 24.8 Å². The minimum Gasteiger partial charge on any atom is -0.508 e. The van der Waals surface area contributed by atoms with Crippen LogP contribution < -0.4 is 4.74 Å². The average molecular weight is 232 g/mol. The summed E-state index contributed by atoms with van der Waals surface area (Å²) in [5.41, 5.74) is 0.837. The number of hydrogen-bond acceptors (Lipinski definition) is 3. The summed E-state index contributed by atoms with van der Waals surface area (Å²) in [5.74, 6) is 1.36. The Morgan fingerprint density at radius 3 is 2.94 bits per heavy atom. The molecule has 0 aromatic heterocycles. The zero-order chi connectivity index (χ0) is 12.0. The molecule has 1 N–H and O–H groups in total. The van der Waals surface area contributed by atoms with Crippen LogP contribution in [0.2, 0.25) is 0 Å². The van der Waals surface area contributed by atoms with Gasteiger partial charge in [-0.3, -0.25) is 4.79 Å². The third kappa shape index (κ3) is 1.61. The predicted octanol–water partition coefficient (Wildman–Crippen LogP) is 2.83. The highest BCUT2D eigenvalue weighted by molar-refractivity contribution is 5.80. The zero-order valence-electron chi connectivity index (χ0n) is 9.85. The first kappa shape index (κ1) is 10.6. The normalized spacial score (nSPS) is 31.4. The van der Waals surface area contributed by atoms with E-state index < -0.39 is 0 Å². The van der Waals surface area contributed by atoms with Gasteiger partial charge >= 0.3 is 5.97 Å². The van der Waals surface area contributed by atoms with Crippen molar-refractivity contribution in [3.05, 3.63) is 23.8 Å². The first-order valence-corrected chi connectivity index (χ1v) is 6.20. The third-order valence-corrected chi connectivity index (χ3v) is 4.04. The van der Waals surface area contributed by atoms with Gasteiger partial charge in [-0.25, -0.2) is 0 Å². The molecule has 3 heteroatoms. The van der Waals surface area contributed by atoms with E-state index in [0.29, 0.717) is 11.7 Å². The van der Waals surface area contributed by atoms with Gasteiger partial charge in [-0.1, -0.05) is 13.0 Å². The van der Waals surface area contributed by atoms with Crippen molar-refractivity contribution >= 4 is 5.97 Å². The second kappa shape index (κ2) is 3.76. The monoisotopic (exact) mass is 232 g/mol. The standard InChI is InChI=1S/C14H16O3/c1-8-5-6-9-10(7-8)13-11(15)3-2-4-12(13)17-14(9)16/h2-4,8-10,15H,5-7H2,1H3/t8?,9-,10-/m1/s1. The lowest BCUT2D eigenvalue weighted by molar-refractivity contribution is -0.142. The number of esters is 1. The number of fused-ring (bicyclic) bond motifs is 3. The van der Waals surface area contributed by atoms with E-state index in [4.69, 9.17) is 4.74 Å². The van der Waals surface area contributed by atoms with Crippen LogP contribution in [-0.2, 0) is 4.79 Å². The Kier molecular flexibility index (Phi) is 2.35. The molecule has 0 saturated heterocycles. The quantitative estimate of drug-likeness (QED) is 0.552. The van der Waals surface area contributed by atoms with Crippen LogP contribution in [0.25, 0.3) is 0 Å². The molecule has 1 aliphatic carbocycles. The molecular formula is C14H16O3. The van der Waals surface area contributed by atoms with Crippen molar-refractivity contribution in [2.24, 2.45) is 11.8 Å². The van der Waals surface area contributed by atoms with Crippen LogP contribution in [-0.4, -0.2) is 11.1 Å². The molecule has 3 rings (SSSR count). The number of phenols is 1. The van der Waals surface area contributed by atoms with Crippen molar-refractivity contribution < 1.29 is 14.6 Å². The van der Waals surface area contributed by atoms with Crippen LogP contribution in [0, 0.1) is 11.8 Å². The van der Waals surface area contributed by atoms with Crippen molar-refractivity contribution in [1.82, 2.24) is 0 Å². The predicted molar refractivity (Wildman–Crippen MR) is 63.0 cm³/mol. The van der Waals surface area contributed by atoms with Crippen LogP contribution >= 0.6 is 0 Å². The molecule has 0 radical (unpaired) electrons. The molecule has 2 aliphatic rings. The van der Waals surface area contributed by atoms with E-state index in [2.05, 4.69) is 6.92 Å². The van der Waals surface area contributed by atoms with Gasteiger partial charge in [-0.15, -0.1) is 0 Å². The molecule has 1 heterocycles. The van der Waals surface area contributed by atoms with Crippen molar-refractivity contribution in [2.45, 2.75) is 32.1 Å². The molecule has 1 aliphatic heterocycles. The number of ether oxygens (including phenoxy) is 1. The van der Waals surface area contributed by atoms with Crippen molar-refractivity contribution in [2.75, 3.05) is 0 Å². The average Bonchev–Trinajstić information content (AvgIpc) is 2.28. The van der Waals surface area contributed by atoms with E-state index in [-0.39, 0.29) is 23.6 Å². The Labute approximate surface area is 100 Å². The van der Waals surface area contributed by atoms with Gasteiger partial charge in [0.25, 0.3) is 0 Å². The minimum atomic E-state index is -0.125. The van der Waals surface area contributed by atoms with Crippen LogP contribution in [0.1, 0.15) is 37.7 Å². The molecule has 1 fully saturated rings. The first-order chi connectivity index (χ1) is 8.16. The third-order valence-electron chi connectivity index (χ3n) is 4.04. The van der Waals surface area contributed by atoms with Crippen molar-refractivity contribution in [3.63, 3.8) is 0 Å². The Bertz CT molecular complexity index is 467. The van der Waals surface area contributed by atoms with Crippen LogP contribution in [0.4, 0.5) is 0 Å². The van der Waals surface area contributed by atoms with Crippen molar-refractivity contribution in [3.8, 4) is 11.5 Å². The van der Waals surface area contributed by atoms with Gasteiger partial charge in [0.15, 0.2) is 0 Å². The SMILES string of the molecule is CC1CC[C@H]2C(=O)Oc3cccc(O)c3[C@@H]2C1. The second-order valence-electron chi connectivity index (χ2n) is 5.24. The topological polar surface area (TPSA) is 46.5 Å². The number of rotatable bonds is 0. The Morgan fingerprint density at radius 1 is 1.29 bits per heavy atom. The smallest absolute Gasteiger partial charge is 0.314 e. The van der Waals surface area contributed by atoms with Gasteiger partial charge in [0.1, 0.15) is 11.5 Å². The first-order valence-electron chi connectivity index (χ1n) is 6.20. The van der Waals surface area contributed by atoms with E-state index in [9.17, 15) is 9.90 Å². The largest absolute Gasteiger partial charge is 0.508 e. The molecule has 1 saturated carbocycles. The zero-order valence-corrected chi connectivity index (χ0v) is 9.85. The fraction of sp³-hybridized carbons (Fsp3) is 0.500. The highest BCUT2D eigenvalue weighted by Crippen LogP contribution is 2.50. The van der Waals surface area contributed by atoms with Crippen LogP contribution in [0.15, 0.2) is 18.2 Å². The lowest BCUT2D eigenvalue weighted by Crippen LogP contribution is -2.35. The number of hydrogen-bond donors (Lipinski definition) is 1. The van der Waals surface area contributed by atoms with Gasteiger partial charge in [0.2, 0.25) is 0 Å². The Morgan fingerprint density at radius 2 is 2.12 bits per heavy atom. The maximum Gasteiger partial charge on any atom is 0.314 e. The van der Waals surface area contributed by atoms with Gasteiger partial charge in [0.05, 0.1) is 5.92 Å². The molecule has 3 nitrogen and oxygen atoms in total. The maximum absolute atomic E-state index is 11.9. The molecule has 1 aromatic rings. The molecule has 0 bridgehead atoms. The molecule has 3 atom stereocenters. The minimum absolute atomic E-state index is 0.0630. The number of aromatic hydroxyl groups is 1. The fourth-order valence-electron chi connectivity index (χ4n) is 3.16. The molecule has 90 valence electrons. The van der Waals surface area contributed by atoms with E-state index >= 15 is 0 Å². The van der Waals surface area contributed by atoms with Gasteiger partial charge in [0, 0.05) is 11.5 Å². The summed E-state index contributed by atoms with van der Waals surface area (Å²) in [5, 5.41) is 9.98. The van der Waals surface area contributed by atoms with E-state index in [1.807, 2.05) is 0 Å². The summed E-state index contributed by atoms with van der Waals surface area (Å²) >= 11 is 0. The summed E-state index contributed by atoms with van der Waals surface area (Å²) in [6.07, 6.45) is 2.90. The Balaban J connectivity index is 2.09. The molecule has 1 unspecified atom stereocenters. The van der Waals surface area contributed by atoms with Crippen molar-refractivity contribution in [1.29, 1.82) is 0 Å². The molecule has 1 aromatic carbocycles. The lowest BCUT2D eigenvalue weighted by Gasteiger charge is -2.37. The van der Waals surface area contributed by atoms with E-state index in [1.165, 1.54) is 0 Å². The maximum atomic E-state index is 11.9. The highest BCUT2D eigenvalue weighted by Gasteiger charge is 2.42. The van der Waals surface area contributed by atoms with E-state index in [1.54, 1.807) is 18.2 Å². The number of benzene rings is 1. The fourth-order valence-corrected chi connectivity index (χ4v) is 3.16. The van der Waals surface area contributed by atoms with Gasteiger partial charge in [-0.05, 0) is 37.3 Å². The Hall–Kier alpha value is -1.51. The molecule has 0 amide bonds. The lowest BCUT2D eigenvalue weighted by atomic mass is 9.70. The van der Waals surface area contributed by atoms with Crippen LogP contribution in [0.3, 0.4) is 0 Å². The second-order valence-corrected chi connectivity index (χ2v) is 5.24. The molecular weight excluding hydrogens is 216 g/mol. The van der Waals surface area contributed by atoms with Gasteiger partial charge in [-0.2, -0.15) is 0 Å². The summed E-state index contributed by atoms with van der Waals surface area (Å²) < 4.78 is 5.32. The summed E-state index contributed by atoms with van der Waals surface area (Å²) in [7, 11) is 0. The summed E-state index contributed by atoms with van der Waals surface area (Å²) in [6.45, 7) is 2.20. The van der Waals surface area contributed by atoms with Gasteiger partial charge < -0.3 is 9.84 Å². The molecule has 0 spiro atoms. The number of carbonyl (C=O) groups is 1. The highest BCUT2D eigenvalue weighted by atomic mass is 16.5. The number of carbonyl (C=O) groups excluding carboxylic acids is 1. The summed E-state index contributed by atoms with van der Waals surface area (Å²) in [4.78, 5) is 11.9. The summed E-state index contributed by atoms with van der Waals surface area (Å²) in [6, 6.07) is 5.16.